The van der Waals surface area contributed by atoms with Gasteiger partial charge in [0.15, 0.2) is 9.84 Å². The van der Waals surface area contributed by atoms with Crippen LogP contribution in [0.5, 0.6) is 0 Å². The molecule has 9 heavy (non-hydrogen) atoms. The van der Waals surface area contributed by atoms with Gasteiger partial charge in [-0.1, -0.05) is 13.8 Å². The molecule has 2 nitrogen and oxygen atoms in total. The van der Waals surface area contributed by atoms with Crippen molar-refractivity contribution < 1.29 is 8.42 Å². The largest absolute Gasteiger partial charge is 0.228 e. The molecule has 0 unspecified atom stereocenters. The van der Waals surface area contributed by atoms with Crippen LogP contribution in [0.15, 0.2) is 0 Å². The molecule has 0 aromatic heterocycles. The first-order valence-electron chi connectivity index (χ1n) is 2.74. The molecule has 0 radical (unpaired) electrons. The number of sulfone groups is 1. The normalized spacial score (nSPS) is 12.4. The molecular weight excluding hydrogens is 160 g/mol. The van der Waals surface area contributed by atoms with Gasteiger partial charge >= 0.3 is 0 Å². The zero-order valence-corrected chi connectivity index (χ0v) is 7.17. The van der Waals surface area contributed by atoms with Crippen LogP contribution < -0.4 is 0 Å². The molecule has 56 valence electrons. The van der Waals surface area contributed by atoms with Gasteiger partial charge in [-0.25, -0.2) is 8.42 Å². The molecule has 0 aromatic rings. The highest BCUT2D eigenvalue weighted by Gasteiger charge is 2.09. The second kappa shape index (κ2) is 3.42. The van der Waals surface area contributed by atoms with Gasteiger partial charge in [0.2, 0.25) is 0 Å². The molecule has 0 aliphatic heterocycles. The minimum atomic E-state index is -2.95. The molecule has 0 N–H and O–H groups in total. The lowest BCUT2D eigenvalue weighted by Gasteiger charge is -2.01. The Hall–Kier alpha value is 0.240. The Bertz CT molecular complexity index is 160. The van der Waals surface area contributed by atoms with Crippen LogP contribution in [0.4, 0.5) is 0 Å². The molecule has 0 atom stereocenters. The quantitative estimate of drug-likeness (QED) is 0.598. The lowest BCUT2D eigenvalue weighted by atomic mass is 10.3. The minimum Gasteiger partial charge on any atom is -0.228 e. The van der Waals surface area contributed by atoms with Crippen LogP contribution >= 0.6 is 11.6 Å². The fourth-order valence-corrected chi connectivity index (χ4v) is 1.92. The Labute approximate surface area is 61.1 Å². The van der Waals surface area contributed by atoms with Gasteiger partial charge in [0.05, 0.1) is 5.75 Å². The minimum absolute atomic E-state index is 0.175. The summed E-state index contributed by atoms with van der Waals surface area (Å²) in [6.07, 6.45) is 0. The third-order valence-corrected chi connectivity index (χ3v) is 3.26. The van der Waals surface area contributed by atoms with Crippen molar-refractivity contribution >= 4 is 21.4 Å². The smallest absolute Gasteiger partial charge is 0.164 e. The summed E-state index contributed by atoms with van der Waals surface area (Å²) in [6.45, 7) is 3.70. The molecule has 0 saturated carbocycles. The fraction of sp³-hybridized carbons (Fsp3) is 1.00. The Kier molecular flexibility index (Phi) is 3.51. The van der Waals surface area contributed by atoms with E-state index in [-0.39, 0.29) is 16.9 Å². The first-order valence-corrected chi connectivity index (χ1v) is 5.10. The number of hydrogen-bond donors (Lipinski definition) is 0. The van der Waals surface area contributed by atoms with E-state index in [2.05, 4.69) is 0 Å². The van der Waals surface area contributed by atoms with Crippen LogP contribution in [0.1, 0.15) is 13.8 Å². The second-order valence-electron chi connectivity index (χ2n) is 2.41. The van der Waals surface area contributed by atoms with Crippen LogP contribution in [0, 0.1) is 5.92 Å². The van der Waals surface area contributed by atoms with Crippen molar-refractivity contribution in [3.63, 3.8) is 0 Å². The van der Waals surface area contributed by atoms with Crippen molar-refractivity contribution in [2.75, 3.05) is 11.0 Å². The van der Waals surface area contributed by atoms with Crippen LogP contribution in [0.25, 0.3) is 0 Å². The fourth-order valence-electron chi connectivity index (χ4n) is 0.552. The first-order chi connectivity index (χ1) is 3.98. The summed E-state index contributed by atoms with van der Waals surface area (Å²) in [5, 5.41) is -0.259. The SMILES string of the molecule is CC(C)CS(=O)(=O)CCl. The molecule has 0 amide bonds. The summed E-state index contributed by atoms with van der Waals surface area (Å²) in [5.74, 6) is 0.366. The summed E-state index contributed by atoms with van der Waals surface area (Å²) in [4.78, 5) is 0. The highest BCUT2D eigenvalue weighted by molar-refractivity contribution is 7.92. The maximum atomic E-state index is 10.7. The molecule has 0 aromatic carbocycles. The van der Waals surface area contributed by atoms with Crippen molar-refractivity contribution in [1.82, 2.24) is 0 Å². The van der Waals surface area contributed by atoms with Crippen LogP contribution in [0.3, 0.4) is 0 Å². The van der Waals surface area contributed by atoms with Gasteiger partial charge in [0.25, 0.3) is 0 Å². The van der Waals surface area contributed by atoms with Crippen molar-refractivity contribution in [1.29, 1.82) is 0 Å². The van der Waals surface area contributed by atoms with Crippen LogP contribution in [-0.2, 0) is 9.84 Å². The second-order valence-corrected chi connectivity index (χ2v) is 5.11. The van der Waals surface area contributed by atoms with Crippen molar-refractivity contribution in [2.45, 2.75) is 13.8 Å². The maximum absolute atomic E-state index is 10.7. The third kappa shape index (κ3) is 4.73. The van der Waals surface area contributed by atoms with E-state index < -0.39 is 9.84 Å². The molecule has 0 aliphatic carbocycles. The summed E-state index contributed by atoms with van der Waals surface area (Å²) in [7, 11) is -2.95. The van der Waals surface area contributed by atoms with E-state index in [0.29, 0.717) is 0 Å². The van der Waals surface area contributed by atoms with Crippen LogP contribution in [0.2, 0.25) is 0 Å². The Morgan fingerprint density at radius 1 is 1.44 bits per heavy atom. The standard InChI is InChI=1S/C5H11ClO2S/c1-5(2)3-9(7,8)4-6/h5H,3-4H2,1-2H3. The monoisotopic (exact) mass is 170 g/mol. The van der Waals surface area contributed by atoms with E-state index in [1.54, 1.807) is 0 Å². The lowest BCUT2D eigenvalue weighted by molar-refractivity contribution is 0.587. The zero-order valence-electron chi connectivity index (χ0n) is 5.59. The van der Waals surface area contributed by atoms with E-state index in [4.69, 9.17) is 11.6 Å². The summed E-state index contributed by atoms with van der Waals surface area (Å²) < 4.78 is 21.4. The highest BCUT2D eigenvalue weighted by atomic mass is 35.5. The lowest BCUT2D eigenvalue weighted by Crippen LogP contribution is -2.11. The molecule has 0 aliphatic rings. The molecule has 0 heterocycles. The predicted molar refractivity (Wildman–Crippen MR) is 39.3 cm³/mol. The number of hydrogen-bond acceptors (Lipinski definition) is 2. The third-order valence-electron chi connectivity index (χ3n) is 0.754. The zero-order chi connectivity index (χ0) is 7.49. The highest BCUT2D eigenvalue weighted by Crippen LogP contribution is 2.01. The summed E-state index contributed by atoms with van der Waals surface area (Å²) in [6, 6.07) is 0. The van der Waals surface area contributed by atoms with Gasteiger partial charge in [-0.3, -0.25) is 0 Å². The molecule has 0 bridgehead atoms. The summed E-state index contributed by atoms with van der Waals surface area (Å²) >= 11 is 5.15. The number of halogens is 1. The van der Waals surface area contributed by atoms with E-state index in [9.17, 15) is 8.42 Å². The van der Waals surface area contributed by atoms with E-state index in [1.807, 2.05) is 13.8 Å². The molecule has 0 saturated heterocycles. The topological polar surface area (TPSA) is 34.1 Å². The van der Waals surface area contributed by atoms with E-state index >= 15 is 0 Å². The van der Waals surface area contributed by atoms with E-state index in [0.717, 1.165) is 0 Å². The first kappa shape index (κ1) is 9.24. The van der Waals surface area contributed by atoms with E-state index in [1.165, 1.54) is 0 Å². The molecular formula is C5H11ClO2S. The van der Waals surface area contributed by atoms with Gasteiger partial charge in [-0.2, -0.15) is 0 Å². The van der Waals surface area contributed by atoms with Crippen LogP contribution in [-0.4, -0.2) is 19.4 Å². The van der Waals surface area contributed by atoms with Gasteiger partial charge in [-0.05, 0) is 5.92 Å². The Morgan fingerprint density at radius 2 is 1.89 bits per heavy atom. The summed E-state index contributed by atoms with van der Waals surface area (Å²) in [5.41, 5.74) is 0. The average molecular weight is 171 g/mol. The predicted octanol–water partition coefficient (Wildman–Crippen LogP) is 1.25. The Balaban J connectivity index is 3.90. The van der Waals surface area contributed by atoms with Crippen molar-refractivity contribution in [2.24, 2.45) is 5.92 Å². The van der Waals surface area contributed by atoms with Gasteiger partial charge in [0.1, 0.15) is 5.21 Å². The maximum Gasteiger partial charge on any atom is 0.164 e. The number of rotatable bonds is 3. The molecule has 0 rings (SSSR count). The molecule has 4 heteroatoms. The average Bonchev–Trinajstić information content (AvgIpc) is 1.63. The molecule has 0 spiro atoms. The van der Waals surface area contributed by atoms with Gasteiger partial charge in [-0.15, -0.1) is 11.6 Å². The number of alkyl halides is 1. The van der Waals surface area contributed by atoms with Crippen molar-refractivity contribution in [3.05, 3.63) is 0 Å². The van der Waals surface area contributed by atoms with Gasteiger partial charge < -0.3 is 0 Å². The molecule has 0 fully saturated rings. The van der Waals surface area contributed by atoms with Gasteiger partial charge in [0, 0.05) is 0 Å². The Morgan fingerprint density at radius 3 is 2.00 bits per heavy atom. The van der Waals surface area contributed by atoms with Crippen molar-refractivity contribution in [3.8, 4) is 0 Å².